The van der Waals surface area contributed by atoms with E-state index in [2.05, 4.69) is 13.8 Å². The fraction of sp³-hybridized carbons (Fsp3) is 0.652. The van der Waals surface area contributed by atoms with Crippen molar-refractivity contribution in [3.05, 3.63) is 46.5 Å². The third kappa shape index (κ3) is 12.7. The first-order valence-corrected chi connectivity index (χ1v) is 21.6. The number of benzene rings is 2. The van der Waals surface area contributed by atoms with Gasteiger partial charge in [0, 0.05) is 0 Å². The van der Waals surface area contributed by atoms with Gasteiger partial charge in [-0.3, -0.25) is 0 Å². The van der Waals surface area contributed by atoms with E-state index in [4.69, 9.17) is 19.4 Å². The highest BCUT2D eigenvalue weighted by Gasteiger charge is 2.28. The Bertz CT molecular complexity index is 1620. The first-order chi connectivity index (χ1) is 26.3. The summed E-state index contributed by atoms with van der Waals surface area (Å²) in [4.78, 5) is 37.8. The number of rotatable bonds is 25. The van der Waals surface area contributed by atoms with Crippen molar-refractivity contribution in [2.45, 2.75) is 183 Å². The van der Waals surface area contributed by atoms with Crippen molar-refractivity contribution >= 4 is 34.3 Å². The molecule has 0 amide bonds. The molecule has 0 fully saturated rings. The number of aromatic nitrogens is 4. The molecule has 2 aromatic carbocycles. The molecule has 0 N–H and O–H groups in total. The van der Waals surface area contributed by atoms with E-state index in [1.54, 1.807) is 0 Å². The van der Waals surface area contributed by atoms with E-state index < -0.39 is 12.2 Å². The molecule has 54 heavy (non-hydrogen) atoms. The van der Waals surface area contributed by atoms with Crippen molar-refractivity contribution in [2.24, 2.45) is 0 Å². The maximum absolute atomic E-state index is 13.9. The van der Waals surface area contributed by atoms with Crippen LogP contribution >= 0.6 is 0 Å². The second-order valence-electron chi connectivity index (χ2n) is 15.7. The average Bonchev–Trinajstić information content (AvgIpc) is 3.70. The summed E-state index contributed by atoms with van der Waals surface area (Å²) in [6.07, 6.45) is 25.9. The molecule has 0 aliphatic carbocycles. The number of ether oxygens (including phenoxy) is 2. The average molecular weight is 743 g/mol. The normalized spacial score (nSPS) is 11.6. The molecular weight excluding hydrogens is 673 g/mol. The van der Waals surface area contributed by atoms with E-state index in [0.717, 1.165) is 60.8 Å². The molecule has 0 bridgehead atoms. The lowest BCUT2D eigenvalue weighted by atomic mass is 10.1. The van der Waals surface area contributed by atoms with E-state index in [9.17, 15) is 9.59 Å². The number of carbonyl (C=O) groups excluding carboxylic acids is 2. The third-order valence-corrected chi connectivity index (χ3v) is 11.1. The van der Waals surface area contributed by atoms with Crippen LogP contribution in [0.4, 0.5) is 9.59 Å². The molecular formula is C46H70N4O4. The summed E-state index contributed by atoms with van der Waals surface area (Å²) >= 11 is 0. The highest BCUT2D eigenvalue weighted by atomic mass is 16.6. The van der Waals surface area contributed by atoms with Crippen LogP contribution < -0.4 is 0 Å². The molecule has 0 atom stereocenters. The van der Waals surface area contributed by atoms with Crippen molar-refractivity contribution in [3.63, 3.8) is 0 Å². The van der Waals surface area contributed by atoms with Crippen molar-refractivity contribution in [1.82, 2.24) is 19.1 Å². The van der Waals surface area contributed by atoms with E-state index in [-0.39, 0.29) is 11.6 Å². The zero-order valence-corrected chi connectivity index (χ0v) is 34.7. The standard InChI is InChI=1S/C46H70N4O4/c1-7-9-11-13-15-17-19-21-23-25-27-29-53-45(51)49-41-33-37(5)35(3)31-39(41)47-43(49)44-48-40-32-36(4)38(6)34-42(40)50(44)46(52)54-30-28-26-24-22-20-18-16-14-12-10-8-2/h31-34H,7-30H2,1-6H3. The SMILES string of the molecule is CCCCCCCCCCCCCOC(=O)n1c(-c2nc3cc(C)c(C)cc3n2C(=O)OCCCCCCCCCCCCC)nc2cc(C)c(C)cc21. The van der Waals surface area contributed by atoms with E-state index in [1.807, 2.05) is 52.0 Å². The monoisotopic (exact) mass is 743 g/mol. The predicted octanol–water partition coefficient (Wildman–Crippen LogP) is 13.9. The summed E-state index contributed by atoms with van der Waals surface area (Å²) in [7, 11) is 0. The number of aryl methyl sites for hydroxylation is 4. The van der Waals surface area contributed by atoms with E-state index >= 15 is 0 Å². The van der Waals surface area contributed by atoms with Gasteiger partial charge in [-0.05, 0) is 87.1 Å². The highest BCUT2D eigenvalue weighted by Crippen LogP contribution is 2.31. The number of imidazole rings is 2. The van der Waals surface area contributed by atoms with Crippen molar-refractivity contribution in [1.29, 1.82) is 0 Å². The van der Waals surface area contributed by atoms with Gasteiger partial charge in [0.25, 0.3) is 0 Å². The molecule has 0 aliphatic heterocycles. The Labute approximate surface area is 325 Å². The lowest BCUT2D eigenvalue weighted by molar-refractivity contribution is 0.144. The predicted molar refractivity (Wildman–Crippen MR) is 224 cm³/mol. The van der Waals surface area contributed by atoms with Crippen molar-refractivity contribution in [2.75, 3.05) is 13.2 Å². The van der Waals surface area contributed by atoms with Crippen LogP contribution in [0.2, 0.25) is 0 Å². The van der Waals surface area contributed by atoms with Gasteiger partial charge in [0.1, 0.15) is 0 Å². The van der Waals surface area contributed by atoms with E-state index in [1.165, 1.54) is 112 Å². The summed E-state index contributed by atoms with van der Waals surface area (Å²) in [6.45, 7) is 13.3. The number of carbonyl (C=O) groups is 2. The number of hydrogen-bond acceptors (Lipinski definition) is 6. The second-order valence-corrected chi connectivity index (χ2v) is 15.7. The van der Waals surface area contributed by atoms with Gasteiger partial charge < -0.3 is 9.47 Å². The molecule has 8 heteroatoms. The minimum absolute atomic E-state index is 0.275. The molecule has 0 radical (unpaired) electrons. The number of fused-ring (bicyclic) bond motifs is 2. The largest absolute Gasteiger partial charge is 0.449 e. The van der Waals surface area contributed by atoms with E-state index in [0.29, 0.717) is 35.3 Å². The van der Waals surface area contributed by atoms with Crippen LogP contribution in [0.15, 0.2) is 24.3 Å². The topological polar surface area (TPSA) is 88.2 Å². The summed E-state index contributed by atoms with van der Waals surface area (Å²) < 4.78 is 14.8. The van der Waals surface area contributed by atoms with Gasteiger partial charge in [-0.15, -0.1) is 0 Å². The van der Waals surface area contributed by atoms with Crippen LogP contribution in [0.1, 0.15) is 177 Å². The van der Waals surface area contributed by atoms with Crippen molar-refractivity contribution in [3.8, 4) is 11.6 Å². The smallest absolute Gasteiger partial charge is 0.420 e. The summed E-state index contributed by atoms with van der Waals surface area (Å²) in [5, 5.41) is 0. The van der Waals surface area contributed by atoms with Gasteiger partial charge >= 0.3 is 12.2 Å². The van der Waals surface area contributed by atoms with Crippen LogP contribution in [0.3, 0.4) is 0 Å². The van der Waals surface area contributed by atoms with Gasteiger partial charge in [0.05, 0.1) is 35.3 Å². The number of nitrogens with zero attached hydrogens (tertiary/aromatic N) is 4. The highest BCUT2D eigenvalue weighted by molar-refractivity contribution is 5.96. The van der Waals surface area contributed by atoms with Gasteiger partial charge in [0.2, 0.25) is 0 Å². The molecule has 8 nitrogen and oxygen atoms in total. The zero-order chi connectivity index (χ0) is 38.7. The first kappa shape index (κ1) is 43.1. The maximum atomic E-state index is 13.9. The minimum atomic E-state index is -0.511. The zero-order valence-electron chi connectivity index (χ0n) is 34.7. The molecule has 0 aliphatic rings. The Morgan fingerprint density at radius 1 is 0.444 bits per heavy atom. The maximum Gasteiger partial charge on any atom is 0.420 e. The molecule has 298 valence electrons. The lowest BCUT2D eigenvalue weighted by Gasteiger charge is -2.12. The Morgan fingerprint density at radius 2 is 0.722 bits per heavy atom. The number of hydrogen-bond donors (Lipinski definition) is 0. The molecule has 2 heterocycles. The Hall–Kier alpha value is -3.68. The Kier molecular flexibility index (Phi) is 18.6. The fourth-order valence-electron chi connectivity index (χ4n) is 7.32. The van der Waals surface area contributed by atoms with Gasteiger partial charge in [-0.2, -0.15) is 0 Å². The molecule has 0 spiro atoms. The summed E-state index contributed by atoms with van der Waals surface area (Å²) in [6, 6.07) is 7.90. The fourth-order valence-corrected chi connectivity index (χ4v) is 7.32. The quantitative estimate of drug-likeness (QED) is 0.0628. The second kappa shape index (κ2) is 23.3. The molecule has 2 aromatic heterocycles. The number of unbranched alkanes of at least 4 members (excludes halogenated alkanes) is 20. The van der Waals surface area contributed by atoms with Gasteiger partial charge in [0.15, 0.2) is 11.6 Å². The Morgan fingerprint density at radius 3 is 1.04 bits per heavy atom. The van der Waals surface area contributed by atoms with Crippen molar-refractivity contribution < 1.29 is 19.1 Å². The van der Waals surface area contributed by atoms with Crippen LogP contribution in [-0.4, -0.2) is 44.5 Å². The summed E-state index contributed by atoms with van der Waals surface area (Å²) in [5.41, 5.74) is 6.80. The Balaban J connectivity index is 1.44. The van der Waals surface area contributed by atoms with Crippen LogP contribution in [-0.2, 0) is 9.47 Å². The lowest BCUT2D eigenvalue weighted by Crippen LogP contribution is -2.20. The molecule has 0 unspecified atom stereocenters. The molecule has 0 saturated heterocycles. The summed E-state index contributed by atoms with van der Waals surface area (Å²) in [5.74, 6) is 0.550. The van der Waals surface area contributed by atoms with Crippen LogP contribution in [0, 0.1) is 27.7 Å². The van der Waals surface area contributed by atoms with Crippen LogP contribution in [0.25, 0.3) is 33.7 Å². The molecule has 4 aromatic rings. The molecule has 4 rings (SSSR count). The molecule has 0 saturated carbocycles. The third-order valence-electron chi connectivity index (χ3n) is 11.1. The first-order valence-electron chi connectivity index (χ1n) is 21.6. The minimum Gasteiger partial charge on any atom is -0.449 e. The van der Waals surface area contributed by atoms with Gasteiger partial charge in [-0.1, -0.05) is 142 Å². The van der Waals surface area contributed by atoms with Crippen LogP contribution in [0.5, 0.6) is 0 Å². The van der Waals surface area contributed by atoms with Gasteiger partial charge in [-0.25, -0.2) is 28.7 Å².